The number of benzene rings is 1. The number of aromatic carboxylic acids is 1. The van der Waals surface area contributed by atoms with Gasteiger partial charge in [0, 0.05) is 9.72 Å². The summed E-state index contributed by atoms with van der Waals surface area (Å²) in [6.07, 6.45) is 1.18. The van der Waals surface area contributed by atoms with E-state index in [2.05, 4.69) is 4.98 Å². The number of fused-ring (bicyclic) bond motifs is 1. The Labute approximate surface area is 145 Å². The molecule has 0 bridgehead atoms. The summed E-state index contributed by atoms with van der Waals surface area (Å²) in [6, 6.07) is 5.25. The van der Waals surface area contributed by atoms with Crippen LogP contribution < -0.4 is 0 Å². The molecule has 0 amide bonds. The van der Waals surface area contributed by atoms with Gasteiger partial charge in [0.1, 0.15) is 19.8 Å². The molecule has 120 valence electrons. The fraction of sp³-hybridized carbons (Fsp3) is 0.143. The number of sulfone groups is 1. The van der Waals surface area contributed by atoms with Crippen LogP contribution >= 0.6 is 34.3 Å². The van der Waals surface area contributed by atoms with Gasteiger partial charge in [-0.25, -0.2) is 18.2 Å². The number of aromatic nitrogens is 1. The maximum atomic E-state index is 12.7. The minimum Gasteiger partial charge on any atom is -0.477 e. The quantitative estimate of drug-likeness (QED) is 0.731. The third-order valence-corrected chi connectivity index (χ3v) is 8.22. The first kappa shape index (κ1) is 16.4. The number of carboxylic acid groups (broad SMARTS) is 1. The van der Waals surface area contributed by atoms with Crippen LogP contribution in [0, 0.1) is 6.92 Å². The van der Waals surface area contributed by atoms with Crippen LogP contribution in [0.5, 0.6) is 0 Å². The van der Waals surface area contributed by atoms with Crippen LogP contribution in [-0.2, 0) is 15.6 Å². The summed E-state index contributed by atoms with van der Waals surface area (Å²) in [7, 11) is -3.60. The maximum Gasteiger partial charge on any atom is 0.347 e. The summed E-state index contributed by atoms with van der Waals surface area (Å²) in [4.78, 5) is 14.8. The maximum absolute atomic E-state index is 12.7. The topological polar surface area (TPSA) is 84.3 Å². The van der Waals surface area contributed by atoms with Crippen molar-refractivity contribution in [1.29, 1.82) is 0 Å². The van der Waals surface area contributed by atoms with E-state index >= 15 is 0 Å². The second kappa shape index (κ2) is 5.86. The largest absolute Gasteiger partial charge is 0.477 e. The van der Waals surface area contributed by atoms with E-state index in [1.807, 2.05) is 0 Å². The zero-order valence-electron chi connectivity index (χ0n) is 11.7. The lowest BCUT2D eigenvalue weighted by molar-refractivity contribution is 0.0702. The number of aryl methyl sites for hydroxylation is 1. The van der Waals surface area contributed by atoms with Crippen molar-refractivity contribution < 1.29 is 18.3 Å². The number of thiazole rings is 1. The Bertz CT molecular complexity index is 1020. The molecular weight excluding hydrogens is 378 g/mol. The molecule has 0 aliphatic rings. The van der Waals surface area contributed by atoms with Crippen molar-refractivity contribution in [2.45, 2.75) is 16.9 Å². The molecule has 0 radical (unpaired) electrons. The molecule has 1 N–H and O–H groups in total. The molecule has 0 unspecified atom stereocenters. The highest BCUT2D eigenvalue weighted by Gasteiger charge is 2.24. The predicted molar refractivity (Wildman–Crippen MR) is 91.5 cm³/mol. The van der Waals surface area contributed by atoms with Crippen molar-refractivity contribution >= 4 is 60.2 Å². The summed E-state index contributed by atoms with van der Waals surface area (Å²) in [6.45, 7) is 1.74. The van der Waals surface area contributed by atoms with E-state index in [0.29, 0.717) is 10.6 Å². The predicted octanol–water partition coefficient (Wildman–Crippen LogP) is 3.99. The number of thiophene rings is 1. The Morgan fingerprint density at radius 3 is 2.74 bits per heavy atom. The monoisotopic (exact) mass is 387 g/mol. The molecule has 9 heteroatoms. The molecule has 3 rings (SSSR count). The zero-order valence-corrected chi connectivity index (χ0v) is 14.9. The molecule has 0 aliphatic carbocycles. The number of hydrogen-bond donors (Lipinski definition) is 1. The average Bonchev–Trinajstić information content (AvgIpc) is 3.04. The summed E-state index contributed by atoms with van der Waals surface area (Å²) in [5.41, 5.74) is 0.655. The standard InChI is InChI=1S/C14H10ClNO4S3/c1-7-9-4-8(15)2-3-10(9)22-14(7)23(19,20)6-12-16-5-11(21-12)13(17)18/h2-5H,6H2,1H3,(H,17,18). The fourth-order valence-electron chi connectivity index (χ4n) is 2.17. The van der Waals surface area contributed by atoms with Crippen molar-refractivity contribution in [1.82, 2.24) is 4.98 Å². The van der Waals surface area contributed by atoms with E-state index in [9.17, 15) is 13.2 Å². The van der Waals surface area contributed by atoms with Crippen molar-refractivity contribution in [3.05, 3.63) is 44.9 Å². The molecule has 5 nitrogen and oxygen atoms in total. The number of carbonyl (C=O) groups is 1. The van der Waals surface area contributed by atoms with E-state index in [1.54, 1.807) is 25.1 Å². The normalized spacial score (nSPS) is 11.9. The first-order chi connectivity index (χ1) is 10.8. The Morgan fingerprint density at radius 1 is 1.35 bits per heavy atom. The highest BCUT2D eigenvalue weighted by Crippen LogP contribution is 2.37. The smallest absolute Gasteiger partial charge is 0.347 e. The lowest BCUT2D eigenvalue weighted by Gasteiger charge is -2.00. The number of nitrogens with zero attached hydrogens (tertiary/aromatic N) is 1. The summed E-state index contributed by atoms with van der Waals surface area (Å²) in [5.74, 6) is -1.43. The molecule has 0 saturated carbocycles. The van der Waals surface area contributed by atoms with Crippen molar-refractivity contribution in [3.63, 3.8) is 0 Å². The third-order valence-electron chi connectivity index (χ3n) is 3.21. The van der Waals surface area contributed by atoms with Gasteiger partial charge in [-0.15, -0.1) is 22.7 Å². The van der Waals surface area contributed by atoms with Crippen LogP contribution in [-0.4, -0.2) is 24.5 Å². The van der Waals surface area contributed by atoms with E-state index < -0.39 is 15.8 Å². The molecule has 0 fully saturated rings. The summed E-state index contributed by atoms with van der Waals surface area (Å²) >= 11 is 8.02. The molecule has 2 heterocycles. The second-order valence-electron chi connectivity index (χ2n) is 4.84. The number of carboxylic acids is 1. The highest BCUT2D eigenvalue weighted by molar-refractivity contribution is 7.93. The highest BCUT2D eigenvalue weighted by atomic mass is 35.5. The van der Waals surface area contributed by atoms with Gasteiger partial charge in [0.15, 0.2) is 9.84 Å². The minimum absolute atomic E-state index is 0.0232. The molecule has 0 spiro atoms. The SMILES string of the molecule is Cc1c(S(=O)(=O)Cc2ncc(C(=O)O)s2)sc2ccc(Cl)cc12. The summed E-state index contributed by atoms with van der Waals surface area (Å²) in [5, 5.41) is 10.5. The molecule has 1 aromatic carbocycles. The van der Waals surface area contributed by atoms with Crippen molar-refractivity contribution in [3.8, 4) is 0 Å². The lowest BCUT2D eigenvalue weighted by atomic mass is 10.2. The lowest BCUT2D eigenvalue weighted by Crippen LogP contribution is -2.04. The zero-order chi connectivity index (χ0) is 16.8. The van der Waals surface area contributed by atoms with Crippen LogP contribution in [0.1, 0.15) is 20.2 Å². The molecule has 0 aliphatic heterocycles. The van der Waals surface area contributed by atoms with Gasteiger partial charge in [-0.2, -0.15) is 0 Å². The van der Waals surface area contributed by atoms with Gasteiger partial charge in [-0.05, 0) is 36.1 Å². The van der Waals surface area contributed by atoms with E-state index in [4.69, 9.17) is 16.7 Å². The molecular formula is C14H10ClNO4S3. The average molecular weight is 388 g/mol. The molecule has 0 atom stereocenters. The number of rotatable bonds is 4. The van der Waals surface area contributed by atoms with Crippen LogP contribution in [0.4, 0.5) is 0 Å². The van der Waals surface area contributed by atoms with Crippen LogP contribution in [0.15, 0.2) is 28.6 Å². The second-order valence-corrected chi connectivity index (χ2v) is 9.63. The van der Waals surface area contributed by atoms with Gasteiger partial charge >= 0.3 is 5.97 Å². The van der Waals surface area contributed by atoms with Gasteiger partial charge in [-0.3, -0.25) is 0 Å². The Balaban J connectivity index is 2.02. The number of halogens is 1. The Kier molecular flexibility index (Phi) is 4.18. The van der Waals surface area contributed by atoms with Gasteiger partial charge in [0.05, 0.1) is 6.20 Å². The van der Waals surface area contributed by atoms with Gasteiger partial charge in [0.2, 0.25) is 0 Å². The van der Waals surface area contributed by atoms with E-state index in [0.717, 1.165) is 21.4 Å². The molecule has 0 saturated heterocycles. The molecule has 3 aromatic rings. The fourth-order valence-corrected chi connectivity index (χ4v) is 6.58. The Hall–Kier alpha value is -1.48. The first-order valence-corrected chi connectivity index (χ1v) is 10.0. The van der Waals surface area contributed by atoms with Crippen molar-refractivity contribution in [2.24, 2.45) is 0 Å². The van der Waals surface area contributed by atoms with Crippen LogP contribution in [0.25, 0.3) is 10.1 Å². The molecule has 2 aromatic heterocycles. The van der Waals surface area contributed by atoms with Crippen LogP contribution in [0.3, 0.4) is 0 Å². The Morgan fingerprint density at radius 2 is 2.09 bits per heavy atom. The summed E-state index contributed by atoms with van der Waals surface area (Å²) < 4.78 is 26.4. The molecule has 23 heavy (non-hydrogen) atoms. The first-order valence-electron chi connectivity index (χ1n) is 6.37. The van der Waals surface area contributed by atoms with Gasteiger partial charge in [-0.1, -0.05) is 11.6 Å². The van der Waals surface area contributed by atoms with Gasteiger partial charge in [0.25, 0.3) is 0 Å². The number of hydrogen-bond acceptors (Lipinski definition) is 6. The van der Waals surface area contributed by atoms with E-state index in [1.165, 1.54) is 17.5 Å². The van der Waals surface area contributed by atoms with Crippen LogP contribution in [0.2, 0.25) is 5.02 Å². The minimum atomic E-state index is -3.60. The third kappa shape index (κ3) is 3.12. The van der Waals surface area contributed by atoms with E-state index in [-0.39, 0.29) is 19.8 Å². The van der Waals surface area contributed by atoms with Crippen molar-refractivity contribution in [2.75, 3.05) is 0 Å². The van der Waals surface area contributed by atoms with Gasteiger partial charge < -0.3 is 5.11 Å².